The summed E-state index contributed by atoms with van der Waals surface area (Å²) < 4.78 is 0.387. The van der Waals surface area contributed by atoms with Gasteiger partial charge in [-0.1, -0.05) is 92.7 Å². The highest BCUT2D eigenvalue weighted by Crippen LogP contribution is 2.25. The van der Waals surface area contributed by atoms with Crippen LogP contribution in [0.25, 0.3) is 0 Å². The van der Waals surface area contributed by atoms with Crippen molar-refractivity contribution in [1.82, 2.24) is 0 Å². The zero-order valence-electron chi connectivity index (χ0n) is 9.81. The molecule has 0 aliphatic rings. The topological polar surface area (TPSA) is 20.2 Å². The van der Waals surface area contributed by atoms with Crippen molar-refractivity contribution in [3.63, 3.8) is 0 Å². The van der Waals surface area contributed by atoms with Gasteiger partial charge >= 0.3 is 0 Å². The minimum Gasteiger partial charge on any atom is -0.396 e. The molecule has 0 radical (unpaired) electrons. The lowest BCUT2D eigenvalue weighted by atomic mass is 10.1. The molecule has 0 fully saturated rings. The van der Waals surface area contributed by atoms with Crippen LogP contribution in [0.5, 0.6) is 0 Å². The molecule has 16 heavy (non-hydrogen) atoms. The number of rotatable bonds is 11. The van der Waals surface area contributed by atoms with Crippen LogP contribution >= 0.6 is 47.8 Å². The van der Waals surface area contributed by atoms with Crippen molar-refractivity contribution in [2.24, 2.45) is 0 Å². The Balaban J connectivity index is 3.04. The van der Waals surface area contributed by atoms with E-state index in [1.54, 1.807) is 0 Å². The Morgan fingerprint density at radius 1 is 0.688 bits per heavy atom. The van der Waals surface area contributed by atoms with E-state index in [9.17, 15) is 0 Å². The molecule has 0 heterocycles. The molecule has 98 valence electrons. The normalized spacial score (nSPS) is 13.3. The molecule has 0 aliphatic carbocycles. The van der Waals surface area contributed by atoms with E-state index >= 15 is 0 Å². The molecule has 1 unspecified atom stereocenters. The lowest BCUT2D eigenvalue weighted by molar-refractivity contribution is 0.282. The van der Waals surface area contributed by atoms with E-state index < -0.39 is 0 Å². The molecule has 0 spiro atoms. The van der Waals surface area contributed by atoms with Gasteiger partial charge in [0, 0.05) is 11.4 Å². The molecule has 1 nitrogen and oxygen atoms in total. The van der Waals surface area contributed by atoms with Crippen molar-refractivity contribution in [1.29, 1.82) is 0 Å². The number of aliphatic hydroxyl groups excluding tert-OH is 1. The standard InChI is InChI=1S/C12H23Br3O/c13-11(12(14)15)9-7-5-3-1-2-4-6-8-10-16/h11-12,16H,1-10H2. The lowest BCUT2D eigenvalue weighted by Crippen LogP contribution is -2.05. The Labute approximate surface area is 125 Å². The second-order valence-electron chi connectivity index (χ2n) is 4.19. The number of aliphatic hydroxyl groups is 1. The molecule has 0 saturated carbocycles. The zero-order valence-corrected chi connectivity index (χ0v) is 14.6. The summed E-state index contributed by atoms with van der Waals surface area (Å²) in [4.78, 5) is 0.539. The first kappa shape index (κ1) is 17.4. The predicted octanol–water partition coefficient (Wildman–Crippen LogP) is 5.37. The van der Waals surface area contributed by atoms with Crippen LogP contribution in [0.3, 0.4) is 0 Å². The Morgan fingerprint density at radius 2 is 1.12 bits per heavy atom. The summed E-state index contributed by atoms with van der Waals surface area (Å²) in [6.07, 6.45) is 11.4. The van der Waals surface area contributed by atoms with Gasteiger partial charge in [-0.3, -0.25) is 0 Å². The predicted molar refractivity (Wildman–Crippen MR) is 83.0 cm³/mol. The summed E-state index contributed by atoms with van der Waals surface area (Å²) in [7, 11) is 0. The molecule has 4 heteroatoms. The molecular formula is C12H23Br3O. The summed E-state index contributed by atoms with van der Waals surface area (Å²) in [6.45, 7) is 0.354. The van der Waals surface area contributed by atoms with Gasteiger partial charge in [-0.15, -0.1) is 0 Å². The first-order chi connectivity index (χ1) is 7.68. The van der Waals surface area contributed by atoms with Crippen LogP contribution in [0.15, 0.2) is 0 Å². The summed E-state index contributed by atoms with van der Waals surface area (Å²) in [5.74, 6) is 0. The van der Waals surface area contributed by atoms with Gasteiger partial charge in [0.15, 0.2) is 0 Å². The maximum absolute atomic E-state index is 8.62. The maximum Gasteiger partial charge on any atom is 0.0822 e. The SMILES string of the molecule is OCCCCCCCCCCC(Br)C(Br)Br. The number of alkyl halides is 3. The maximum atomic E-state index is 8.62. The first-order valence-corrected chi connectivity index (χ1v) is 8.96. The van der Waals surface area contributed by atoms with Gasteiger partial charge in [-0.05, 0) is 12.8 Å². The molecular weight excluding hydrogens is 400 g/mol. The zero-order chi connectivity index (χ0) is 12.2. The minimum absolute atomic E-state index is 0.354. The Bertz CT molecular complexity index is 142. The molecule has 0 bridgehead atoms. The van der Waals surface area contributed by atoms with Crippen molar-refractivity contribution in [3.05, 3.63) is 0 Å². The fourth-order valence-electron chi connectivity index (χ4n) is 1.64. The van der Waals surface area contributed by atoms with Crippen LogP contribution in [0.1, 0.15) is 57.8 Å². The van der Waals surface area contributed by atoms with Gasteiger partial charge in [0.25, 0.3) is 0 Å². The van der Waals surface area contributed by atoms with E-state index in [1.165, 1.54) is 51.4 Å². The molecule has 1 atom stereocenters. The van der Waals surface area contributed by atoms with Crippen molar-refractivity contribution < 1.29 is 5.11 Å². The summed E-state index contributed by atoms with van der Waals surface area (Å²) >= 11 is 10.7. The molecule has 0 aliphatic heterocycles. The summed E-state index contributed by atoms with van der Waals surface area (Å²) in [5.41, 5.74) is 0. The third-order valence-corrected chi connectivity index (χ3v) is 6.34. The highest BCUT2D eigenvalue weighted by atomic mass is 79.9. The highest BCUT2D eigenvalue weighted by Gasteiger charge is 2.10. The van der Waals surface area contributed by atoms with E-state index in [2.05, 4.69) is 47.8 Å². The average Bonchev–Trinajstić information content (AvgIpc) is 2.26. The Hall–Kier alpha value is 1.40. The molecule has 0 aromatic carbocycles. The smallest absolute Gasteiger partial charge is 0.0822 e. The van der Waals surface area contributed by atoms with Gasteiger partial charge < -0.3 is 5.11 Å². The van der Waals surface area contributed by atoms with Gasteiger partial charge in [-0.2, -0.15) is 0 Å². The van der Waals surface area contributed by atoms with Crippen LogP contribution in [0.4, 0.5) is 0 Å². The summed E-state index contributed by atoms with van der Waals surface area (Å²) in [5, 5.41) is 8.62. The number of hydrogen-bond acceptors (Lipinski definition) is 1. The fourth-order valence-corrected chi connectivity index (χ4v) is 2.49. The van der Waals surface area contributed by atoms with Crippen molar-refractivity contribution in [2.75, 3.05) is 6.61 Å². The van der Waals surface area contributed by atoms with Crippen molar-refractivity contribution in [3.8, 4) is 0 Å². The second kappa shape index (κ2) is 12.8. The highest BCUT2D eigenvalue weighted by molar-refractivity contribution is 9.25. The number of hydrogen-bond donors (Lipinski definition) is 1. The van der Waals surface area contributed by atoms with Crippen molar-refractivity contribution in [2.45, 2.75) is 66.4 Å². The minimum atomic E-state index is 0.354. The lowest BCUT2D eigenvalue weighted by Gasteiger charge is -2.10. The van der Waals surface area contributed by atoms with Crippen LogP contribution in [0.2, 0.25) is 0 Å². The fraction of sp³-hybridized carbons (Fsp3) is 1.00. The van der Waals surface area contributed by atoms with Crippen LogP contribution in [-0.2, 0) is 0 Å². The van der Waals surface area contributed by atoms with Gasteiger partial charge in [-0.25, -0.2) is 0 Å². The molecule has 1 N–H and O–H groups in total. The molecule has 0 aromatic heterocycles. The van der Waals surface area contributed by atoms with Crippen LogP contribution in [-0.4, -0.2) is 20.3 Å². The second-order valence-corrected chi connectivity index (χ2v) is 8.57. The van der Waals surface area contributed by atoms with E-state index in [4.69, 9.17) is 5.11 Å². The van der Waals surface area contributed by atoms with Gasteiger partial charge in [0.2, 0.25) is 0 Å². The molecule has 0 amide bonds. The van der Waals surface area contributed by atoms with E-state index in [0.717, 1.165) is 6.42 Å². The Morgan fingerprint density at radius 3 is 1.56 bits per heavy atom. The third-order valence-electron chi connectivity index (χ3n) is 2.66. The summed E-state index contributed by atoms with van der Waals surface area (Å²) in [6, 6.07) is 0. The van der Waals surface area contributed by atoms with Crippen LogP contribution < -0.4 is 0 Å². The van der Waals surface area contributed by atoms with Gasteiger partial charge in [0.05, 0.1) is 3.74 Å². The molecule has 0 rings (SSSR count). The largest absolute Gasteiger partial charge is 0.396 e. The molecule has 0 saturated heterocycles. The number of halogens is 3. The van der Waals surface area contributed by atoms with E-state index in [-0.39, 0.29) is 0 Å². The quantitative estimate of drug-likeness (QED) is 0.350. The third kappa shape index (κ3) is 11.9. The monoisotopic (exact) mass is 420 g/mol. The Kier molecular flexibility index (Phi) is 14.0. The van der Waals surface area contributed by atoms with Crippen LogP contribution in [0, 0.1) is 0 Å². The van der Waals surface area contributed by atoms with E-state index in [0.29, 0.717) is 15.2 Å². The first-order valence-electron chi connectivity index (χ1n) is 6.21. The van der Waals surface area contributed by atoms with E-state index in [1.807, 2.05) is 0 Å². The molecule has 0 aromatic rings. The van der Waals surface area contributed by atoms with Crippen molar-refractivity contribution >= 4 is 47.8 Å². The number of unbranched alkanes of at least 4 members (excludes halogenated alkanes) is 7. The van der Waals surface area contributed by atoms with Gasteiger partial charge in [0.1, 0.15) is 0 Å². The average molecular weight is 423 g/mol.